The number of halogens is 3. The molecule has 0 spiro atoms. The van der Waals surface area contributed by atoms with E-state index in [0.29, 0.717) is 5.69 Å². The van der Waals surface area contributed by atoms with Crippen molar-refractivity contribution in [3.63, 3.8) is 0 Å². The maximum Gasteiger partial charge on any atom is 0.238 e. The number of rotatable bonds is 4. The van der Waals surface area contributed by atoms with E-state index < -0.39 is 5.82 Å². The molecular formula is C18H18ClF2N3O. The zero-order valence-corrected chi connectivity index (χ0v) is 14.3. The van der Waals surface area contributed by atoms with Gasteiger partial charge in [0.25, 0.3) is 0 Å². The highest BCUT2D eigenvalue weighted by molar-refractivity contribution is 6.31. The summed E-state index contributed by atoms with van der Waals surface area (Å²) in [4.78, 5) is 16.3. The van der Waals surface area contributed by atoms with E-state index in [1.807, 2.05) is 4.90 Å². The number of hydrogen-bond acceptors (Lipinski definition) is 3. The molecule has 1 heterocycles. The first-order valence-corrected chi connectivity index (χ1v) is 8.37. The van der Waals surface area contributed by atoms with Crippen LogP contribution >= 0.6 is 11.6 Å². The van der Waals surface area contributed by atoms with Gasteiger partial charge in [0.1, 0.15) is 11.6 Å². The van der Waals surface area contributed by atoms with Crippen molar-refractivity contribution in [1.82, 2.24) is 4.90 Å². The lowest BCUT2D eigenvalue weighted by Crippen LogP contribution is -2.48. The van der Waals surface area contributed by atoms with Gasteiger partial charge in [-0.2, -0.15) is 0 Å². The minimum absolute atomic E-state index is 0.0225. The van der Waals surface area contributed by atoms with Gasteiger partial charge in [-0.25, -0.2) is 8.78 Å². The zero-order valence-electron chi connectivity index (χ0n) is 13.5. The van der Waals surface area contributed by atoms with Gasteiger partial charge in [-0.05, 0) is 42.5 Å². The molecule has 0 bridgehead atoms. The molecule has 1 aliphatic heterocycles. The van der Waals surface area contributed by atoms with Crippen LogP contribution in [0.3, 0.4) is 0 Å². The lowest BCUT2D eigenvalue weighted by atomic mass is 10.2. The number of nitrogens with zero attached hydrogens (tertiary/aromatic N) is 2. The number of carbonyl (C=O) groups is 1. The summed E-state index contributed by atoms with van der Waals surface area (Å²) in [6, 6.07) is 10.5. The second-order valence-electron chi connectivity index (χ2n) is 5.92. The average Bonchev–Trinajstić information content (AvgIpc) is 2.60. The van der Waals surface area contributed by atoms with Gasteiger partial charge in [0.05, 0.1) is 11.6 Å². The summed E-state index contributed by atoms with van der Waals surface area (Å²) in [6.45, 7) is 3.25. The Hall–Kier alpha value is -2.18. The predicted octanol–water partition coefficient (Wildman–Crippen LogP) is 3.38. The van der Waals surface area contributed by atoms with Gasteiger partial charge in [0.15, 0.2) is 0 Å². The summed E-state index contributed by atoms with van der Waals surface area (Å²) in [6.07, 6.45) is 0. The zero-order chi connectivity index (χ0) is 17.8. The van der Waals surface area contributed by atoms with Crippen LogP contribution in [0.15, 0.2) is 42.5 Å². The molecule has 0 aliphatic carbocycles. The molecule has 0 saturated carbocycles. The Labute approximate surface area is 150 Å². The van der Waals surface area contributed by atoms with Gasteiger partial charge in [0, 0.05) is 37.6 Å². The average molecular weight is 366 g/mol. The van der Waals surface area contributed by atoms with E-state index in [4.69, 9.17) is 11.6 Å². The van der Waals surface area contributed by atoms with Crippen molar-refractivity contribution in [1.29, 1.82) is 0 Å². The lowest BCUT2D eigenvalue weighted by molar-refractivity contribution is -0.117. The maximum absolute atomic E-state index is 13.1. The highest BCUT2D eigenvalue weighted by Gasteiger charge is 2.19. The third kappa shape index (κ3) is 4.67. The molecule has 0 aromatic heterocycles. The summed E-state index contributed by atoms with van der Waals surface area (Å²) in [5.74, 6) is -0.936. The SMILES string of the molecule is O=C(CN1CCN(c2ccc(F)cc2)CC1)Nc1ccc(F)c(Cl)c1. The molecule has 2 aromatic carbocycles. The molecule has 0 unspecified atom stereocenters. The van der Waals surface area contributed by atoms with Gasteiger partial charge >= 0.3 is 0 Å². The molecule has 1 saturated heterocycles. The number of nitrogens with one attached hydrogen (secondary N) is 1. The summed E-state index contributed by atoms with van der Waals surface area (Å²) < 4.78 is 26.1. The Morgan fingerprint density at radius 2 is 1.72 bits per heavy atom. The van der Waals surface area contributed by atoms with Gasteiger partial charge in [-0.1, -0.05) is 11.6 Å². The van der Waals surface area contributed by atoms with E-state index in [1.54, 1.807) is 12.1 Å². The van der Waals surface area contributed by atoms with E-state index in [1.165, 1.54) is 30.3 Å². The Kier molecular flexibility index (Phi) is 5.50. The molecule has 3 rings (SSSR count). The first-order chi connectivity index (χ1) is 12.0. The summed E-state index contributed by atoms with van der Waals surface area (Å²) in [5.41, 5.74) is 1.45. The predicted molar refractivity (Wildman–Crippen MR) is 95.1 cm³/mol. The quantitative estimate of drug-likeness (QED) is 0.902. The van der Waals surface area contributed by atoms with Crippen LogP contribution in [0.2, 0.25) is 5.02 Å². The molecule has 1 amide bonds. The standard InChI is InChI=1S/C18H18ClF2N3O/c19-16-11-14(3-6-17(16)21)22-18(25)12-23-7-9-24(10-8-23)15-4-1-13(20)2-5-15/h1-6,11H,7-10,12H2,(H,22,25). The summed E-state index contributed by atoms with van der Waals surface area (Å²) in [7, 11) is 0. The third-order valence-electron chi connectivity index (χ3n) is 4.13. The fraction of sp³-hybridized carbons (Fsp3) is 0.278. The van der Waals surface area contributed by atoms with Crippen LogP contribution in [0.5, 0.6) is 0 Å². The smallest absolute Gasteiger partial charge is 0.238 e. The summed E-state index contributed by atoms with van der Waals surface area (Å²) >= 11 is 5.71. The fourth-order valence-corrected chi connectivity index (χ4v) is 2.97. The van der Waals surface area contributed by atoms with Gasteiger partial charge in [-0.15, -0.1) is 0 Å². The van der Waals surface area contributed by atoms with E-state index in [0.717, 1.165) is 31.9 Å². The Morgan fingerprint density at radius 3 is 2.36 bits per heavy atom. The molecule has 2 aromatic rings. The molecule has 0 radical (unpaired) electrons. The largest absolute Gasteiger partial charge is 0.369 e. The Morgan fingerprint density at radius 1 is 1.04 bits per heavy atom. The molecule has 0 atom stereocenters. The number of piperazine rings is 1. The highest BCUT2D eigenvalue weighted by atomic mass is 35.5. The lowest BCUT2D eigenvalue weighted by Gasteiger charge is -2.35. The van der Waals surface area contributed by atoms with Gasteiger partial charge in [0.2, 0.25) is 5.91 Å². The second kappa shape index (κ2) is 7.80. The van der Waals surface area contributed by atoms with Crippen molar-refractivity contribution < 1.29 is 13.6 Å². The Bertz CT molecular complexity index is 746. The van der Waals surface area contributed by atoms with E-state index in [9.17, 15) is 13.6 Å². The second-order valence-corrected chi connectivity index (χ2v) is 6.32. The van der Waals surface area contributed by atoms with E-state index in [-0.39, 0.29) is 23.3 Å². The molecule has 132 valence electrons. The monoisotopic (exact) mass is 365 g/mol. The molecule has 1 aliphatic rings. The van der Waals surface area contributed by atoms with Crippen molar-refractivity contribution in [2.75, 3.05) is 42.9 Å². The van der Waals surface area contributed by atoms with E-state index >= 15 is 0 Å². The van der Waals surface area contributed by atoms with Crippen LogP contribution in [0.25, 0.3) is 0 Å². The third-order valence-corrected chi connectivity index (χ3v) is 4.42. The fourth-order valence-electron chi connectivity index (χ4n) is 2.79. The van der Waals surface area contributed by atoms with Crippen LogP contribution < -0.4 is 10.2 Å². The topological polar surface area (TPSA) is 35.6 Å². The van der Waals surface area contributed by atoms with Crippen molar-refractivity contribution in [2.45, 2.75) is 0 Å². The number of carbonyl (C=O) groups excluding carboxylic acids is 1. The number of anilines is 2. The molecule has 4 nitrogen and oxygen atoms in total. The van der Waals surface area contributed by atoms with Crippen LogP contribution in [-0.4, -0.2) is 43.5 Å². The number of benzene rings is 2. The van der Waals surface area contributed by atoms with Crippen LogP contribution in [0.4, 0.5) is 20.2 Å². The van der Waals surface area contributed by atoms with Crippen molar-refractivity contribution in [2.24, 2.45) is 0 Å². The minimum Gasteiger partial charge on any atom is -0.369 e. The maximum atomic E-state index is 13.1. The minimum atomic E-state index is -0.517. The molecular weight excluding hydrogens is 348 g/mol. The molecule has 1 N–H and O–H groups in total. The van der Waals surface area contributed by atoms with Gasteiger partial charge in [-0.3, -0.25) is 9.69 Å². The van der Waals surface area contributed by atoms with E-state index in [2.05, 4.69) is 10.2 Å². The number of hydrogen-bond donors (Lipinski definition) is 1. The Balaban J connectivity index is 1.49. The van der Waals surface area contributed by atoms with Crippen LogP contribution in [0, 0.1) is 11.6 Å². The van der Waals surface area contributed by atoms with Crippen molar-refractivity contribution >= 4 is 28.9 Å². The van der Waals surface area contributed by atoms with Gasteiger partial charge < -0.3 is 10.2 Å². The summed E-state index contributed by atoms with van der Waals surface area (Å²) in [5, 5.41) is 2.70. The molecule has 25 heavy (non-hydrogen) atoms. The van der Waals surface area contributed by atoms with Crippen LogP contribution in [0.1, 0.15) is 0 Å². The molecule has 7 heteroatoms. The van der Waals surface area contributed by atoms with Crippen molar-refractivity contribution in [3.8, 4) is 0 Å². The first kappa shape index (κ1) is 17.6. The van der Waals surface area contributed by atoms with Crippen molar-refractivity contribution in [3.05, 3.63) is 59.1 Å². The highest BCUT2D eigenvalue weighted by Crippen LogP contribution is 2.20. The normalized spacial score (nSPS) is 15.2. The molecule has 1 fully saturated rings. The number of amides is 1. The van der Waals surface area contributed by atoms with Crippen LogP contribution in [-0.2, 0) is 4.79 Å². The first-order valence-electron chi connectivity index (χ1n) is 7.99.